The van der Waals surface area contributed by atoms with Crippen molar-refractivity contribution in [3.05, 3.63) is 71.9 Å². The summed E-state index contributed by atoms with van der Waals surface area (Å²) in [5, 5.41) is 15.1. The fraction of sp³-hybridized carbons (Fsp3) is 0.296. The van der Waals surface area contributed by atoms with Gasteiger partial charge in [0, 0.05) is 29.2 Å². The van der Waals surface area contributed by atoms with Crippen molar-refractivity contribution in [2.24, 2.45) is 11.7 Å². The van der Waals surface area contributed by atoms with Gasteiger partial charge < -0.3 is 26.2 Å². The first-order valence-corrected chi connectivity index (χ1v) is 11.9. The fourth-order valence-electron chi connectivity index (χ4n) is 4.51. The van der Waals surface area contributed by atoms with Gasteiger partial charge in [-0.05, 0) is 55.2 Å². The van der Waals surface area contributed by atoms with E-state index in [-0.39, 0.29) is 46.7 Å². The summed E-state index contributed by atoms with van der Waals surface area (Å²) in [6.45, 7) is 0. The van der Waals surface area contributed by atoms with E-state index in [0.29, 0.717) is 30.4 Å². The van der Waals surface area contributed by atoms with Gasteiger partial charge in [0.1, 0.15) is 35.0 Å². The second-order valence-electron chi connectivity index (χ2n) is 9.02. The Morgan fingerprint density at radius 1 is 1.11 bits per heavy atom. The van der Waals surface area contributed by atoms with Crippen LogP contribution in [-0.4, -0.2) is 35.1 Å². The smallest absolute Gasteiger partial charge is 0.241 e. The third-order valence-corrected chi connectivity index (χ3v) is 6.49. The van der Waals surface area contributed by atoms with Gasteiger partial charge in [0.2, 0.25) is 11.8 Å². The number of carbonyl (C=O) groups is 2. The number of nitrogens with one attached hydrogen (secondary N) is 2. The molecule has 0 aliphatic heterocycles. The van der Waals surface area contributed by atoms with Crippen LogP contribution in [0.4, 0.5) is 14.6 Å². The molecular weight excluding hydrogens is 482 g/mol. The van der Waals surface area contributed by atoms with E-state index in [4.69, 9.17) is 10.5 Å². The van der Waals surface area contributed by atoms with E-state index in [1.165, 1.54) is 37.4 Å². The number of aromatic hydroxyl groups is 1. The van der Waals surface area contributed by atoms with Crippen molar-refractivity contribution in [3.8, 4) is 22.6 Å². The maximum atomic E-state index is 14.6. The summed E-state index contributed by atoms with van der Waals surface area (Å²) in [6.07, 6.45) is 3.47. The zero-order valence-electron chi connectivity index (χ0n) is 20.2. The number of methoxy groups -OCH3 is 1. The lowest BCUT2D eigenvalue weighted by atomic mass is 9.85. The summed E-state index contributed by atoms with van der Waals surface area (Å²) in [7, 11) is 1.36. The molecule has 10 heteroatoms. The van der Waals surface area contributed by atoms with Gasteiger partial charge in [0.15, 0.2) is 0 Å². The number of phenols is 1. The number of rotatable bonds is 7. The topological polar surface area (TPSA) is 127 Å². The molecule has 3 aromatic rings. The second-order valence-corrected chi connectivity index (χ2v) is 9.02. The van der Waals surface area contributed by atoms with E-state index in [1.54, 1.807) is 12.1 Å². The van der Waals surface area contributed by atoms with Gasteiger partial charge in [-0.2, -0.15) is 0 Å². The maximum absolute atomic E-state index is 14.6. The summed E-state index contributed by atoms with van der Waals surface area (Å²) >= 11 is 0. The molecule has 37 heavy (non-hydrogen) atoms. The molecule has 3 atom stereocenters. The third kappa shape index (κ3) is 6.21. The third-order valence-electron chi connectivity index (χ3n) is 6.49. The zero-order chi connectivity index (χ0) is 26.5. The lowest BCUT2D eigenvalue weighted by molar-refractivity contribution is -0.125. The highest BCUT2D eigenvalue weighted by Gasteiger charge is 2.30. The Labute approximate surface area is 212 Å². The normalized spacial score (nSPS) is 18.1. The van der Waals surface area contributed by atoms with Crippen LogP contribution >= 0.6 is 0 Å². The number of benzene rings is 2. The molecule has 8 nitrogen and oxygen atoms in total. The molecule has 1 aliphatic rings. The summed E-state index contributed by atoms with van der Waals surface area (Å²) in [6, 6.07) is 10.1. The molecule has 1 aromatic heterocycles. The fourth-order valence-corrected chi connectivity index (χ4v) is 4.51. The molecule has 1 fully saturated rings. The quantitative estimate of drug-likeness (QED) is 0.380. The summed E-state index contributed by atoms with van der Waals surface area (Å²) in [5.74, 6) is -1.84. The minimum Gasteiger partial charge on any atom is -0.508 e. The molecule has 0 bridgehead atoms. The Morgan fingerprint density at radius 2 is 1.86 bits per heavy atom. The molecule has 4 rings (SSSR count). The van der Waals surface area contributed by atoms with Crippen molar-refractivity contribution < 1.29 is 28.2 Å². The molecule has 2 amide bonds. The minimum absolute atomic E-state index is 0.0806. The van der Waals surface area contributed by atoms with Crippen molar-refractivity contribution in [3.63, 3.8) is 0 Å². The number of nitrogens with two attached hydrogens (primary N) is 1. The van der Waals surface area contributed by atoms with Crippen molar-refractivity contribution in [1.29, 1.82) is 0 Å². The van der Waals surface area contributed by atoms with Crippen molar-refractivity contribution in [1.82, 2.24) is 10.3 Å². The zero-order valence-corrected chi connectivity index (χ0v) is 20.2. The molecule has 194 valence electrons. The number of hydrogen-bond acceptors (Lipinski definition) is 6. The van der Waals surface area contributed by atoms with Gasteiger partial charge in [-0.3, -0.25) is 9.59 Å². The predicted molar refractivity (Wildman–Crippen MR) is 134 cm³/mol. The first-order valence-electron chi connectivity index (χ1n) is 11.9. The van der Waals surface area contributed by atoms with Crippen molar-refractivity contribution >= 4 is 17.6 Å². The average Bonchev–Trinajstić information content (AvgIpc) is 2.90. The summed E-state index contributed by atoms with van der Waals surface area (Å²) in [4.78, 5) is 29.6. The van der Waals surface area contributed by atoms with Gasteiger partial charge >= 0.3 is 0 Å². The van der Waals surface area contributed by atoms with Crippen LogP contribution in [0.1, 0.15) is 37.3 Å². The number of anilines is 1. The molecule has 0 radical (unpaired) electrons. The van der Waals surface area contributed by atoms with Crippen LogP contribution in [0.5, 0.6) is 11.5 Å². The SMILES string of the molecule is COc1cc(F)ccc1-c1cc(NC(=O)C2CCCC(NC(=O)C(N)c3ccc(O)cc3)C2)ncc1F. The number of halogens is 2. The lowest BCUT2D eigenvalue weighted by Gasteiger charge is -2.29. The lowest BCUT2D eigenvalue weighted by Crippen LogP contribution is -2.44. The number of hydrogen-bond donors (Lipinski definition) is 4. The van der Waals surface area contributed by atoms with Gasteiger partial charge in [-0.1, -0.05) is 18.6 Å². The molecule has 5 N–H and O–H groups in total. The van der Waals surface area contributed by atoms with E-state index < -0.39 is 17.7 Å². The molecule has 1 aliphatic carbocycles. The van der Waals surface area contributed by atoms with Gasteiger partial charge in [0.05, 0.1) is 13.3 Å². The van der Waals surface area contributed by atoms with Crippen LogP contribution in [0.2, 0.25) is 0 Å². The number of carbonyl (C=O) groups excluding carboxylic acids is 2. The Kier molecular flexibility index (Phi) is 7.98. The summed E-state index contributed by atoms with van der Waals surface area (Å²) < 4.78 is 33.3. The minimum atomic E-state index is -0.903. The molecule has 1 saturated carbocycles. The average molecular weight is 511 g/mol. The Morgan fingerprint density at radius 3 is 2.59 bits per heavy atom. The van der Waals surface area contributed by atoms with Crippen molar-refractivity contribution in [2.75, 3.05) is 12.4 Å². The highest BCUT2D eigenvalue weighted by atomic mass is 19.1. The first kappa shape index (κ1) is 26.0. The number of nitrogens with zero attached hydrogens (tertiary/aromatic N) is 1. The number of ether oxygens (including phenoxy) is 1. The Hall–Kier alpha value is -4.05. The van der Waals surface area contributed by atoms with E-state index in [0.717, 1.165) is 18.7 Å². The van der Waals surface area contributed by atoms with Crippen molar-refractivity contribution in [2.45, 2.75) is 37.8 Å². The molecule has 2 aromatic carbocycles. The van der Waals surface area contributed by atoms with Gasteiger partial charge in [-0.15, -0.1) is 0 Å². The number of phenolic OH excluding ortho intramolecular Hbond substituents is 1. The predicted octanol–water partition coefficient (Wildman–Crippen LogP) is 4.05. The summed E-state index contributed by atoms with van der Waals surface area (Å²) in [5.41, 5.74) is 7.06. The Bertz CT molecular complexity index is 1290. The van der Waals surface area contributed by atoms with Crippen LogP contribution in [0.15, 0.2) is 54.7 Å². The Balaban J connectivity index is 1.41. The largest absolute Gasteiger partial charge is 0.508 e. The van der Waals surface area contributed by atoms with E-state index in [2.05, 4.69) is 15.6 Å². The first-order chi connectivity index (χ1) is 17.7. The second kappa shape index (κ2) is 11.3. The number of aromatic nitrogens is 1. The van der Waals surface area contributed by atoms with E-state index in [9.17, 15) is 23.5 Å². The standard InChI is InChI=1S/C27H28F2N4O4/c1-37-23-12-17(28)7-10-20(23)21-13-24(31-14-22(21)29)33-26(35)16-3-2-4-18(11-16)32-27(36)25(30)15-5-8-19(34)9-6-15/h5-10,12-14,16,18,25,34H,2-4,11,30H2,1H3,(H,32,36)(H,31,33,35). The molecule has 3 unspecified atom stereocenters. The van der Waals surface area contributed by atoms with Crippen LogP contribution < -0.4 is 21.1 Å². The van der Waals surface area contributed by atoms with E-state index in [1.807, 2.05) is 0 Å². The molecule has 0 spiro atoms. The number of amides is 2. The van der Waals surface area contributed by atoms with Crippen LogP contribution in [-0.2, 0) is 9.59 Å². The van der Waals surface area contributed by atoms with Gasteiger partial charge in [0.25, 0.3) is 0 Å². The van der Waals surface area contributed by atoms with Crippen LogP contribution in [0.3, 0.4) is 0 Å². The molecule has 0 saturated heterocycles. The highest BCUT2D eigenvalue weighted by Crippen LogP contribution is 2.34. The van der Waals surface area contributed by atoms with Crippen LogP contribution in [0, 0.1) is 17.6 Å². The molecular formula is C27H28F2N4O4. The highest BCUT2D eigenvalue weighted by molar-refractivity contribution is 5.92. The number of pyridine rings is 1. The molecule has 1 heterocycles. The van der Waals surface area contributed by atoms with Gasteiger partial charge in [-0.25, -0.2) is 13.8 Å². The maximum Gasteiger partial charge on any atom is 0.241 e. The van der Waals surface area contributed by atoms with E-state index >= 15 is 0 Å². The monoisotopic (exact) mass is 510 g/mol. The van der Waals surface area contributed by atoms with Crippen LogP contribution in [0.25, 0.3) is 11.1 Å².